The second kappa shape index (κ2) is 9.28. The Morgan fingerprint density at radius 2 is 1.76 bits per heavy atom. The lowest BCUT2D eigenvalue weighted by atomic mass is 10.1. The molecule has 0 aliphatic rings. The highest BCUT2D eigenvalue weighted by Crippen LogP contribution is 2.21. The van der Waals surface area contributed by atoms with E-state index in [2.05, 4.69) is 15.5 Å². The highest BCUT2D eigenvalue weighted by atomic mass is 16.5. The van der Waals surface area contributed by atoms with Crippen LogP contribution in [0.3, 0.4) is 0 Å². The second-order valence-corrected chi connectivity index (χ2v) is 7.92. The fourth-order valence-corrected chi connectivity index (χ4v) is 3.95. The Bertz CT molecular complexity index is 1360. The number of nitrogens with zero attached hydrogens (tertiary/aromatic N) is 4. The van der Waals surface area contributed by atoms with E-state index in [1.807, 2.05) is 61.5 Å². The van der Waals surface area contributed by atoms with E-state index in [9.17, 15) is 9.59 Å². The van der Waals surface area contributed by atoms with Crippen LogP contribution in [0.1, 0.15) is 29.9 Å². The summed E-state index contributed by atoms with van der Waals surface area (Å²) in [5.74, 6) is 0.510. The Balaban J connectivity index is 1.58. The number of rotatable bonds is 7. The van der Waals surface area contributed by atoms with Gasteiger partial charge in [-0.2, -0.15) is 10.2 Å². The van der Waals surface area contributed by atoms with E-state index in [1.165, 1.54) is 4.68 Å². The average molecular weight is 446 g/mol. The molecule has 170 valence electrons. The third kappa shape index (κ3) is 4.24. The van der Waals surface area contributed by atoms with Crippen molar-refractivity contribution in [1.29, 1.82) is 0 Å². The Labute approximate surface area is 191 Å². The number of hydrogen-bond donors (Lipinski definition) is 1. The van der Waals surface area contributed by atoms with Gasteiger partial charge in [0.1, 0.15) is 17.3 Å². The second-order valence-electron chi connectivity index (χ2n) is 7.92. The number of para-hydroxylation sites is 2. The summed E-state index contributed by atoms with van der Waals surface area (Å²) >= 11 is 0. The van der Waals surface area contributed by atoms with Crippen LogP contribution in [-0.2, 0) is 11.2 Å². The summed E-state index contributed by atoms with van der Waals surface area (Å²) in [5.41, 5.74) is 3.38. The molecule has 0 bridgehead atoms. The molecule has 2 aromatic heterocycles. The van der Waals surface area contributed by atoms with Crippen LogP contribution in [0.4, 0.5) is 0 Å². The van der Waals surface area contributed by atoms with E-state index in [0.29, 0.717) is 35.3 Å². The molecule has 0 aliphatic heterocycles. The molecular weight excluding hydrogens is 418 g/mol. The minimum Gasteiger partial charge on any atom is -0.496 e. The van der Waals surface area contributed by atoms with Crippen LogP contribution in [-0.4, -0.2) is 39.1 Å². The van der Waals surface area contributed by atoms with Gasteiger partial charge in [-0.25, -0.2) is 9.36 Å². The van der Waals surface area contributed by atoms with Crippen molar-refractivity contribution >= 4 is 16.8 Å². The first-order valence-corrected chi connectivity index (χ1v) is 10.9. The Kier molecular flexibility index (Phi) is 6.26. The number of aromatic nitrogens is 4. The first-order valence-electron chi connectivity index (χ1n) is 10.9. The summed E-state index contributed by atoms with van der Waals surface area (Å²) in [4.78, 5) is 26.2. The number of carbonyl (C=O) groups is 1. The van der Waals surface area contributed by atoms with E-state index in [0.717, 1.165) is 17.0 Å². The van der Waals surface area contributed by atoms with Crippen LogP contribution in [0.25, 0.3) is 16.6 Å². The number of methoxy groups -OCH3 is 1. The number of hydrogen-bond acceptors (Lipinski definition) is 5. The van der Waals surface area contributed by atoms with Gasteiger partial charge in [-0.3, -0.25) is 9.59 Å². The molecule has 1 amide bonds. The van der Waals surface area contributed by atoms with E-state index in [1.54, 1.807) is 25.6 Å². The van der Waals surface area contributed by atoms with Gasteiger partial charge >= 0.3 is 0 Å². The molecule has 0 radical (unpaired) electrons. The normalized spacial score (nSPS) is 12.0. The van der Waals surface area contributed by atoms with Gasteiger partial charge in [-0.1, -0.05) is 36.4 Å². The van der Waals surface area contributed by atoms with Gasteiger partial charge in [-0.15, -0.1) is 0 Å². The molecule has 0 saturated heterocycles. The molecule has 1 atom stereocenters. The topological polar surface area (TPSA) is 91.0 Å². The summed E-state index contributed by atoms with van der Waals surface area (Å²) in [6.07, 6.45) is 0.617. The molecule has 4 rings (SSSR count). The quantitative estimate of drug-likeness (QED) is 0.472. The molecule has 2 heterocycles. The molecule has 0 unspecified atom stereocenters. The molecule has 0 saturated carbocycles. The maximum absolute atomic E-state index is 13.3. The van der Waals surface area contributed by atoms with E-state index >= 15 is 0 Å². The van der Waals surface area contributed by atoms with Crippen LogP contribution in [0.5, 0.6) is 5.75 Å². The van der Waals surface area contributed by atoms with Crippen LogP contribution in [0.15, 0.2) is 59.4 Å². The predicted molar refractivity (Wildman–Crippen MR) is 127 cm³/mol. The van der Waals surface area contributed by atoms with Crippen LogP contribution >= 0.6 is 0 Å². The standard InChI is InChI=1S/C25H27N5O3/c1-16-23-22(17(2)29(28-23)20-11-6-5-7-12-20)25(32)30(27-16)18(3)24(31)26-15-14-19-10-8-9-13-21(19)33-4/h5-13,18H,14-15H2,1-4H3,(H,26,31)/t18-/m0/s1. The van der Waals surface area contributed by atoms with Crippen molar-refractivity contribution in [1.82, 2.24) is 24.9 Å². The van der Waals surface area contributed by atoms with Crippen molar-refractivity contribution in [3.05, 3.63) is 81.9 Å². The van der Waals surface area contributed by atoms with Crippen molar-refractivity contribution in [2.45, 2.75) is 33.2 Å². The number of fused-ring (bicyclic) bond motifs is 1. The van der Waals surface area contributed by atoms with Crippen LogP contribution in [0.2, 0.25) is 0 Å². The lowest BCUT2D eigenvalue weighted by Crippen LogP contribution is -2.38. The van der Waals surface area contributed by atoms with E-state index < -0.39 is 6.04 Å². The number of aryl methyl sites for hydroxylation is 2. The Morgan fingerprint density at radius 1 is 1.06 bits per heavy atom. The lowest BCUT2D eigenvalue weighted by molar-refractivity contribution is -0.124. The SMILES string of the molecule is COc1ccccc1CCNC(=O)[C@H](C)n1nc(C)c2nn(-c3ccccc3)c(C)c2c1=O. The Morgan fingerprint density at radius 3 is 2.48 bits per heavy atom. The predicted octanol–water partition coefficient (Wildman–Crippen LogP) is 3.13. The first-order chi connectivity index (χ1) is 15.9. The van der Waals surface area contributed by atoms with Crippen molar-refractivity contribution in [3.8, 4) is 11.4 Å². The summed E-state index contributed by atoms with van der Waals surface area (Å²) in [5, 5.41) is 12.4. The zero-order valence-corrected chi connectivity index (χ0v) is 19.2. The summed E-state index contributed by atoms with van der Waals surface area (Å²) in [6.45, 7) is 5.75. The van der Waals surface area contributed by atoms with Gasteiger partial charge in [0, 0.05) is 6.54 Å². The number of ether oxygens (including phenoxy) is 1. The summed E-state index contributed by atoms with van der Waals surface area (Å²) in [7, 11) is 1.62. The molecule has 0 fully saturated rings. The number of carbonyl (C=O) groups excluding carboxylic acids is 1. The van der Waals surface area contributed by atoms with Gasteiger partial charge < -0.3 is 10.1 Å². The zero-order chi connectivity index (χ0) is 23.5. The largest absolute Gasteiger partial charge is 0.496 e. The zero-order valence-electron chi connectivity index (χ0n) is 19.2. The lowest BCUT2D eigenvalue weighted by Gasteiger charge is -2.15. The van der Waals surface area contributed by atoms with Gasteiger partial charge in [-0.05, 0) is 51.0 Å². The van der Waals surface area contributed by atoms with Crippen LogP contribution < -0.4 is 15.6 Å². The number of benzene rings is 2. The molecule has 0 aliphatic carbocycles. The third-order valence-electron chi connectivity index (χ3n) is 5.77. The molecule has 8 heteroatoms. The number of nitrogens with one attached hydrogen (secondary N) is 1. The van der Waals surface area contributed by atoms with Crippen molar-refractivity contribution < 1.29 is 9.53 Å². The minimum absolute atomic E-state index is 0.272. The molecule has 8 nitrogen and oxygen atoms in total. The summed E-state index contributed by atoms with van der Waals surface area (Å²) in [6, 6.07) is 16.5. The molecule has 4 aromatic rings. The molecular formula is C25H27N5O3. The highest BCUT2D eigenvalue weighted by Gasteiger charge is 2.23. The fourth-order valence-electron chi connectivity index (χ4n) is 3.95. The third-order valence-corrected chi connectivity index (χ3v) is 5.77. The Hall–Kier alpha value is -3.94. The highest BCUT2D eigenvalue weighted by molar-refractivity contribution is 5.84. The van der Waals surface area contributed by atoms with Gasteiger partial charge in [0.15, 0.2) is 0 Å². The molecule has 33 heavy (non-hydrogen) atoms. The maximum atomic E-state index is 13.3. The van der Waals surface area contributed by atoms with Crippen LogP contribution in [0, 0.1) is 13.8 Å². The monoisotopic (exact) mass is 445 g/mol. The van der Waals surface area contributed by atoms with Gasteiger partial charge in [0.05, 0.1) is 29.6 Å². The fraction of sp³-hybridized carbons (Fsp3) is 0.280. The average Bonchev–Trinajstić information content (AvgIpc) is 3.19. The molecule has 0 spiro atoms. The van der Waals surface area contributed by atoms with E-state index in [-0.39, 0.29) is 11.5 Å². The summed E-state index contributed by atoms with van der Waals surface area (Å²) < 4.78 is 8.35. The van der Waals surface area contributed by atoms with Crippen molar-refractivity contribution in [2.75, 3.05) is 13.7 Å². The minimum atomic E-state index is -0.766. The number of amides is 1. The smallest absolute Gasteiger partial charge is 0.278 e. The maximum Gasteiger partial charge on any atom is 0.278 e. The van der Waals surface area contributed by atoms with Crippen molar-refractivity contribution in [2.24, 2.45) is 0 Å². The molecule has 1 N–H and O–H groups in total. The molecule has 2 aromatic carbocycles. The first kappa shape index (κ1) is 22.3. The van der Waals surface area contributed by atoms with Crippen molar-refractivity contribution in [3.63, 3.8) is 0 Å². The van der Waals surface area contributed by atoms with Gasteiger partial charge in [0.2, 0.25) is 5.91 Å². The van der Waals surface area contributed by atoms with E-state index in [4.69, 9.17) is 4.74 Å². The van der Waals surface area contributed by atoms with Gasteiger partial charge in [0.25, 0.3) is 5.56 Å².